The summed E-state index contributed by atoms with van der Waals surface area (Å²) in [6.07, 6.45) is 2.78. The van der Waals surface area contributed by atoms with E-state index in [4.69, 9.17) is 0 Å². The zero-order valence-corrected chi connectivity index (χ0v) is 17.3. The molecule has 0 saturated carbocycles. The number of hydrogen-bond acceptors (Lipinski definition) is 3. The van der Waals surface area contributed by atoms with Gasteiger partial charge in [-0.05, 0) is 55.3 Å². The van der Waals surface area contributed by atoms with Crippen molar-refractivity contribution in [2.24, 2.45) is 0 Å². The van der Waals surface area contributed by atoms with E-state index < -0.39 is 0 Å². The summed E-state index contributed by atoms with van der Waals surface area (Å²) in [5.41, 5.74) is 5.88. The first-order valence-corrected chi connectivity index (χ1v) is 10.2. The van der Waals surface area contributed by atoms with Crippen LogP contribution in [0.1, 0.15) is 17.5 Å². The van der Waals surface area contributed by atoms with Crippen LogP contribution in [0, 0.1) is 6.92 Å². The molecule has 2 N–H and O–H groups in total. The van der Waals surface area contributed by atoms with E-state index in [-0.39, 0.29) is 18.4 Å². The summed E-state index contributed by atoms with van der Waals surface area (Å²) in [7, 11) is 0. The molecule has 1 heterocycles. The van der Waals surface area contributed by atoms with Gasteiger partial charge in [-0.3, -0.25) is 14.2 Å². The minimum Gasteiger partial charge on any atom is -0.347 e. The fourth-order valence-electron chi connectivity index (χ4n) is 3.36. The number of carbonyl (C=O) groups is 2. The number of benzene rings is 3. The Bertz CT molecular complexity index is 1190. The quantitative estimate of drug-likeness (QED) is 0.481. The van der Waals surface area contributed by atoms with Crippen LogP contribution in [-0.4, -0.2) is 27.9 Å². The zero-order chi connectivity index (χ0) is 21.6. The maximum atomic E-state index is 12.2. The summed E-state index contributed by atoms with van der Waals surface area (Å²) in [5, 5.41) is 5.48. The number of nitrogens with one attached hydrogen (secondary N) is 2. The highest BCUT2D eigenvalue weighted by Gasteiger charge is 2.08. The van der Waals surface area contributed by atoms with E-state index in [1.54, 1.807) is 6.33 Å². The third-order valence-electron chi connectivity index (χ3n) is 5.09. The highest BCUT2D eigenvalue weighted by atomic mass is 16.2. The molecule has 2 amide bonds. The fraction of sp³-hybridized carbons (Fsp3) is 0.160. The van der Waals surface area contributed by atoms with Crippen molar-refractivity contribution in [3.63, 3.8) is 0 Å². The lowest BCUT2D eigenvalue weighted by Gasteiger charge is -2.09. The zero-order valence-electron chi connectivity index (χ0n) is 17.3. The van der Waals surface area contributed by atoms with Crippen molar-refractivity contribution < 1.29 is 9.59 Å². The summed E-state index contributed by atoms with van der Waals surface area (Å²) >= 11 is 0. The van der Waals surface area contributed by atoms with Crippen LogP contribution in [0.25, 0.3) is 16.7 Å². The van der Waals surface area contributed by atoms with Crippen molar-refractivity contribution in [1.29, 1.82) is 0 Å². The van der Waals surface area contributed by atoms with Crippen LogP contribution in [0.4, 0.5) is 5.69 Å². The maximum absolute atomic E-state index is 12.2. The highest BCUT2D eigenvalue weighted by molar-refractivity contribution is 5.94. The number of hydrogen-bond donors (Lipinski definition) is 2. The lowest BCUT2D eigenvalue weighted by atomic mass is 10.1. The Hall–Kier alpha value is -3.93. The number of amides is 2. The van der Waals surface area contributed by atoms with Gasteiger partial charge < -0.3 is 10.6 Å². The molecule has 0 fully saturated rings. The van der Waals surface area contributed by atoms with Crippen LogP contribution in [-0.2, 0) is 16.0 Å². The van der Waals surface area contributed by atoms with Crippen LogP contribution in [0.3, 0.4) is 0 Å². The Morgan fingerprint density at radius 2 is 1.65 bits per heavy atom. The molecule has 0 aliphatic rings. The second-order valence-electron chi connectivity index (χ2n) is 7.46. The Balaban J connectivity index is 1.26. The second-order valence-corrected chi connectivity index (χ2v) is 7.46. The van der Waals surface area contributed by atoms with Crippen molar-refractivity contribution in [1.82, 2.24) is 14.9 Å². The second kappa shape index (κ2) is 9.26. The molecule has 0 radical (unpaired) electrons. The number of anilines is 1. The van der Waals surface area contributed by atoms with Crippen LogP contribution in [0.15, 0.2) is 79.1 Å². The number of fused-ring (bicyclic) bond motifs is 1. The smallest absolute Gasteiger partial charge is 0.243 e. The lowest BCUT2D eigenvalue weighted by molar-refractivity contribution is -0.124. The molecular formula is C25H24N4O2. The Labute approximate surface area is 180 Å². The molecule has 0 unspecified atom stereocenters. The van der Waals surface area contributed by atoms with E-state index >= 15 is 0 Å². The van der Waals surface area contributed by atoms with Gasteiger partial charge in [-0.15, -0.1) is 0 Å². The number of aryl methyl sites for hydroxylation is 2. The van der Waals surface area contributed by atoms with Gasteiger partial charge in [0.15, 0.2) is 0 Å². The van der Waals surface area contributed by atoms with Crippen molar-refractivity contribution in [2.45, 2.75) is 19.8 Å². The van der Waals surface area contributed by atoms with E-state index in [1.807, 2.05) is 84.3 Å². The van der Waals surface area contributed by atoms with E-state index in [1.165, 1.54) is 5.56 Å². The molecule has 156 valence electrons. The molecule has 6 nitrogen and oxygen atoms in total. The average Bonchev–Trinajstić information content (AvgIpc) is 3.22. The molecule has 0 saturated heterocycles. The lowest BCUT2D eigenvalue weighted by Crippen LogP contribution is -2.32. The van der Waals surface area contributed by atoms with Gasteiger partial charge in [0.2, 0.25) is 11.8 Å². The van der Waals surface area contributed by atoms with E-state index in [0.29, 0.717) is 18.5 Å². The van der Waals surface area contributed by atoms with Crippen molar-refractivity contribution in [3.05, 3.63) is 90.3 Å². The molecule has 4 aromatic rings. The molecule has 0 aliphatic carbocycles. The van der Waals surface area contributed by atoms with E-state index in [2.05, 4.69) is 15.6 Å². The largest absolute Gasteiger partial charge is 0.347 e. The van der Waals surface area contributed by atoms with Gasteiger partial charge in [-0.25, -0.2) is 4.98 Å². The monoisotopic (exact) mass is 412 g/mol. The number of rotatable bonds is 7. The van der Waals surface area contributed by atoms with E-state index in [9.17, 15) is 9.59 Å². The van der Waals surface area contributed by atoms with Gasteiger partial charge in [0.05, 0.1) is 17.6 Å². The summed E-state index contributed by atoms with van der Waals surface area (Å²) < 4.78 is 2.00. The topological polar surface area (TPSA) is 76.0 Å². The van der Waals surface area contributed by atoms with Crippen LogP contribution in [0.5, 0.6) is 0 Å². The molecule has 4 rings (SSSR count). The SMILES string of the molecule is Cc1ccc(CCC(=O)NCC(=O)Nc2ccc(-n3cnc4ccccc43)cc2)cc1. The fourth-order valence-corrected chi connectivity index (χ4v) is 3.36. The normalized spacial score (nSPS) is 10.7. The number of carbonyl (C=O) groups excluding carboxylic acids is 2. The molecule has 0 atom stereocenters. The van der Waals surface area contributed by atoms with Crippen molar-refractivity contribution in [2.75, 3.05) is 11.9 Å². The predicted molar refractivity (Wildman–Crippen MR) is 122 cm³/mol. The summed E-state index contributed by atoms with van der Waals surface area (Å²) in [4.78, 5) is 28.6. The van der Waals surface area contributed by atoms with Crippen LogP contribution < -0.4 is 10.6 Å². The van der Waals surface area contributed by atoms with Crippen molar-refractivity contribution in [3.8, 4) is 5.69 Å². The first-order chi connectivity index (χ1) is 15.1. The molecule has 0 spiro atoms. The number of imidazole rings is 1. The number of nitrogens with zero attached hydrogens (tertiary/aromatic N) is 2. The molecule has 6 heteroatoms. The minimum atomic E-state index is -0.260. The standard InChI is InChI=1S/C25H24N4O2/c1-18-6-8-19(9-7-18)10-15-24(30)26-16-25(31)28-20-11-13-21(14-12-20)29-17-27-22-4-2-3-5-23(22)29/h2-9,11-14,17H,10,15-16H2,1H3,(H,26,30)(H,28,31). The molecule has 0 aliphatic heterocycles. The highest BCUT2D eigenvalue weighted by Crippen LogP contribution is 2.19. The van der Waals surface area contributed by atoms with Gasteiger partial charge in [-0.1, -0.05) is 42.0 Å². The summed E-state index contributed by atoms with van der Waals surface area (Å²) in [6.45, 7) is 1.98. The van der Waals surface area contributed by atoms with Gasteiger partial charge in [-0.2, -0.15) is 0 Å². The Morgan fingerprint density at radius 1 is 0.903 bits per heavy atom. The first kappa shape index (κ1) is 20.3. The Morgan fingerprint density at radius 3 is 2.42 bits per heavy atom. The molecular weight excluding hydrogens is 388 g/mol. The molecule has 3 aromatic carbocycles. The molecule has 0 bridgehead atoms. The third-order valence-corrected chi connectivity index (χ3v) is 5.09. The van der Waals surface area contributed by atoms with Crippen LogP contribution in [0.2, 0.25) is 0 Å². The minimum absolute atomic E-state index is 0.0549. The Kier molecular flexibility index (Phi) is 6.08. The third kappa shape index (κ3) is 5.17. The van der Waals surface area contributed by atoms with Gasteiger partial charge in [0, 0.05) is 17.8 Å². The predicted octanol–water partition coefficient (Wildman–Crippen LogP) is 4.02. The summed E-state index contributed by atoms with van der Waals surface area (Å²) in [6, 6.07) is 23.5. The molecule has 1 aromatic heterocycles. The van der Waals surface area contributed by atoms with E-state index in [0.717, 1.165) is 22.3 Å². The number of aromatic nitrogens is 2. The number of para-hydroxylation sites is 2. The van der Waals surface area contributed by atoms with Gasteiger partial charge in [0.1, 0.15) is 6.33 Å². The summed E-state index contributed by atoms with van der Waals surface area (Å²) in [5.74, 6) is -0.400. The average molecular weight is 412 g/mol. The van der Waals surface area contributed by atoms with Gasteiger partial charge in [0.25, 0.3) is 0 Å². The maximum Gasteiger partial charge on any atom is 0.243 e. The van der Waals surface area contributed by atoms with Gasteiger partial charge >= 0.3 is 0 Å². The molecule has 31 heavy (non-hydrogen) atoms. The first-order valence-electron chi connectivity index (χ1n) is 10.2. The van der Waals surface area contributed by atoms with Crippen LogP contribution >= 0.6 is 0 Å². The van der Waals surface area contributed by atoms with Crippen molar-refractivity contribution >= 4 is 28.5 Å².